The number of rotatable bonds is 8. The fraction of sp³-hybridized carbons (Fsp3) is 0.179. The number of ether oxygens (including phenoxy) is 2. The monoisotopic (exact) mass is 549 g/mol. The van der Waals surface area contributed by atoms with Gasteiger partial charge in [-0.05, 0) is 61.4 Å². The number of esters is 2. The molecular formula is C28H27N3O7S. The largest absolute Gasteiger partial charge is 0.465 e. The van der Waals surface area contributed by atoms with E-state index in [1.165, 1.54) is 30.0 Å². The number of nitrogens with one attached hydrogen (secondary N) is 1. The minimum absolute atomic E-state index is 0.0653. The molecule has 0 unspecified atom stereocenters. The van der Waals surface area contributed by atoms with Crippen LogP contribution in [0.25, 0.3) is 5.69 Å². The zero-order valence-corrected chi connectivity index (χ0v) is 22.6. The number of benzene rings is 3. The second-order valence-electron chi connectivity index (χ2n) is 8.78. The predicted molar refractivity (Wildman–Crippen MR) is 145 cm³/mol. The third-order valence-corrected chi connectivity index (χ3v) is 7.62. The maximum absolute atomic E-state index is 13.3. The van der Waals surface area contributed by atoms with Gasteiger partial charge in [0.15, 0.2) is 0 Å². The molecule has 0 radical (unpaired) electrons. The molecule has 0 aliphatic rings. The highest BCUT2D eigenvalue weighted by Crippen LogP contribution is 2.22. The Morgan fingerprint density at radius 1 is 0.923 bits per heavy atom. The van der Waals surface area contributed by atoms with Crippen LogP contribution in [0.5, 0.6) is 0 Å². The van der Waals surface area contributed by atoms with E-state index in [4.69, 9.17) is 4.74 Å². The Kier molecular flexibility index (Phi) is 7.73. The number of carbonyl (C=O) groups excluding carboxylic acids is 2. The van der Waals surface area contributed by atoms with Gasteiger partial charge in [-0.15, -0.1) is 0 Å². The fourth-order valence-electron chi connectivity index (χ4n) is 3.95. The summed E-state index contributed by atoms with van der Waals surface area (Å²) in [4.78, 5) is 37.4. The van der Waals surface area contributed by atoms with E-state index in [1.54, 1.807) is 74.1 Å². The molecule has 0 saturated carbocycles. The van der Waals surface area contributed by atoms with E-state index < -0.39 is 27.5 Å². The molecule has 0 aliphatic carbocycles. The summed E-state index contributed by atoms with van der Waals surface area (Å²) in [5, 5.41) is 0. The van der Waals surface area contributed by atoms with Crippen LogP contribution < -0.4 is 10.3 Å². The second-order valence-corrected chi connectivity index (χ2v) is 10.5. The molecule has 1 heterocycles. The number of para-hydroxylation sites is 1. The van der Waals surface area contributed by atoms with Crippen molar-refractivity contribution in [2.75, 3.05) is 11.8 Å². The average Bonchev–Trinajstić information content (AvgIpc) is 3.14. The Morgan fingerprint density at radius 2 is 1.59 bits per heavy atom. The summed E-state index contributed by atoms with van der Waals surface area (Å²) < 4.78 is 41.9. The van der Waals surface area contributed by atoms with Gasteiger partial charge < -0.3 is 9.47 Å². The molecule has 3 aromatic carbocycles. The molecule has 202 valence electrons. The maximum atomic E-state index is 13.3. The molecule has 0 saturated heterocycles. The highest BCUT2D eigenvalue weighted by Gasteiger charge is 2.24. The van der Waals surface area contributed by atoms with E-state index in [0.29, 0.717) is 28.1 Å². The summed E-state index contributed by atoms with van der Waals surface area (Å²) in [5.41, 5.74) is 1.94. The van der Waals surface area contributed by atoms with Crippen molar-refractivity contribution in [1.29, 1.82) is 0 Å². The molecule has 11 heteroatoms. The van der Waals surface area contributed by atoms with Crippen LogP contribution in [0.15, 0.2) is 82.5 Å². The van der Waals surface area contributed by atoms with Crippen molar-refractivity contribution in [3.8, 4) is 5.69 Å². The number of hydrogen-bond donors (Lipinski definition) is 1. The lowest BCUT2D eigenvalue weighted by Gasteiger charge is -2.11. The molecule has 1 aromatic heterocycles. The van der Waals surface area contributed by atoms with E-state index in [0.717, 1.165) is 0 Å². The average molecular weight is 550 g/mol. The van der Waals surface area contributed by atoms with E-state index in [1.807, 2.05) is 6.07 Å². The molecule has 4 rings (SSSR count). The Bertz CT molecular complexity index is 1700. The van der Waals surface area contributed by atoms with Crippen LogP contribution in [0, 0.1) is 13.8 Å². The van der Waals surface area contributed by atoms with Crippen LogP contribution >= 0.6 is 0 Å². The number of methoxy groups -OCH3 is 1. The van der Waals surface area contributed by atoms with E-state index in [-0.39, 0.29) is 22.8 Å². The number of sulfonamides is 1. The lowest BCUT2D eigenvalue weighted by molar-refractivity contribution is 0.0470. The van der Waals surface area contributed by atoms with Gasteiger partial charge in [0.2, 0.25) is 0 Å². The minimum atomic E-state index is -4.23. The summed E-state index contributed by atoms with van der Waals surface area (Å²) in [5.74, 6) is -1.20. The van der Waals surface area contributed by atoms with Crippen molar-refractivity contribution < 1.29 is 27.5 Å². The molecular weight excluding hydrogens is 522 g/mol. The number of aromatic nitrogens is 2. The van der Waals surface area contributed by atoms with Gasteiger partial charge in [0, 0.05) is 7.05 Å². The summed E-state index contributed by atoms with van der Waals surface area (Å²) >= 11 is 0. The van der Waals surface area contributed by atoms with E-state index in [9.17, 15) is 22.8 Å². The third kappa shape index (κ3) is 5.63. The van der Waals surface area contributed by atoms with Crippen molar-refractivity contribution in [1.82, 2.24) is 9.36 Å². The quantitative estimate of drug-likeness (QED) is 0.332. The van der Waals surface area contributed by atoms with Gasteiger partial charge in [0.25, 0.3) is 15.6 Å². The van der Waals surface area contributed by atoms with Crippen LogP contribution in [0.1, 0.15) is 37.5 Å². The summed E-state index contributed by atoms with van der Waals surface area (Å²) in [6.07, 6.45) is 0. The van der Waals surface area contributed by atoms with Gasteiger partial charge in [-0.2, -0.15) is 0 Å². The van der Waals surface area contributed by atoms with E-state index in [2.05, 4.69) is 9.46 Å². The third-order valence-electron chi connectivity index (χ3n) is 6.27. The molecule has 10 nitrogen and oxygen atoms in total. The lowest BCUT2D eigenvalue weighted by Crippen LogP contribution is -2.23. The molecule has 0 atom stereocenters. The Labute approximate surface area is 225 Å². The van der Waals surface area contributed by atoms with Crippen LogP contribution in [-0.4, -0.2) is 36.8 Å². The van der Waals surface area contributed by atoms with Gasteiger partial charge >= 0.3 is 11.9 Å². The summed E-state index contributed by atoms with van der Waals surface area (Å²) in [6, 6.07) is 19.3. The molecule has 0 amide bonds. The molecule has 0 fully saturated rings. The van der Waals surface area contributed by atoms with Gasteiger partial charge in [-0.3, -0.25) is 14.2 Å². The first-order chi connectivity index (χ1) is 18.5. The number of carbonyl (C=O) groups is 2. The normalized spacial score (nSPS) is 11.2. The second kappa shape index (κ2) is 11.0. The van der Waals surface area contributed by atoms with Gasteiger partial charge in [-0.1, -0.05) is 36.4 Å². The van der Waals surface area contributed by atoms with Gasteiger partial charge in [0.1, 0.15) is 12.3 Å². The number of nitrogens with zero attached hydrogens (tertiary/aromatic N) is 2. The standard InChI is InChI=1S/C28H27N3O7S/c1-18-10-15-23(16-24(18)28(34)38-17-20-11-13-21(14-12-20)27(33)37-4)39(35,36)29-25-19(2)30(3)31(26(25)32)22-8-6-5-7-9-22/h5-16,29H,17H2,1-4H3. The Hall–Kier alpha value is -4.64. The van der Waals surface area contributed by atoms with Gasteiger partial charge in [0.05, 0.1) is 34.5 Å². The van der Waals surface area contributed by atoms with Crippen molar-refractivity contribution in [3.63, 3.8) is 0 Å². The van der Waals surface area contributed by atoms with Gasteiger partial charge in [-0.25, -0.2) is 22.7 Å². The molecule has 0 bridgehead atoms. The SMILES string of the molecule is COC(=O)c1ccc(COC(=O)c2cc(S(=O)(=O)Nc3c(C)n(C)n(-c4ccccc4)c3=O)ccc2C)cc1. The lowest BCUT2D eigenvalue weighted by atomic mass is 10.1. The van der Waals surface area contributed by atoms with Crippen molar-refractivity contribution in [2.45, 2.75) is 25.3 Å². The Balaban J connectivity index is 1.56. The summed E-state index contributed by atoms with van der Waals surface area (Å²) in [7, 11) is -1.29. The predicted octanol–water partition coefficient (Wildman–Crippen LogP) is 3.74. The highest BCUT2D eigenvalue weighted by atomic mass is 32.2. The summed E-state index contributed by atoms with van der Waals surface area (Å²) in [6.45, 7) is 3.21. The first-order valence-corrected chi connectivity index (χ1v) is 13.3. The first kappa shape index (κ1) is 27.4. The van der Waals surface area contributed by atoms with Crippen LogP contribution in [-0.2, 0) is 33.2 Å². The zero-order valence-electron chi connectivity index (χ0n) is 21.8. The fourth-order valence-corrected chi connectivity index (χ4v) is 5.09. The number of anilines is 1. The molecule has 0 spiro atoms. The maximum Gasteiger partial charge on any atom is 0.338 e. The Morgan fingerprint density at radius 3 is 2.23 bits per heavy atom. The highest BCUT2D eigenvalue weighted by molar-refractivity contribution is 7.92. The van der Waals surface area contributed by atoms with E-state index >= 15 is 0 Å². The minimum Gasteiger partial charge on any atom is -0.465 e. The zero-order chi connectivity index (χ0) is 28.3. The molecule has 4 aromatic rings. The van der Waals surface area contributed by atoms with Crippen LogP contribution in [0.3, 0.4) is 0 Å². The van der Waals surface area contributed by atoms with Crippen molar-refractivity contribution in [2.24, 2.45) is 7.05 Å². The molecule has 1 N–H and O–H groups in total. The molecule has 0 aliphatic heterocycles. The van der Waals surface area contributed by atoms with Crippen LogP contribution in [0.4, 0.5) is 5.69 Å². The first-order valence-electron chi connectivity index (χ1n) is 11.9. The smallest absolute Gasteiger partial charge is 0.338 e. The van der Waals surface area contributed by atoms with Crippen molar-refractivity contribution in [3.05, 3.63) is 111 Å². The molecule has 39 heavy (non-hydrogen) atoms. The van der Waals surface area contributed by atoms with Crippen molar-refractivity contribution >= 4 is 27.6 Å². The number of hydrogen-bond acceptors (Lipinski definition) is 7. The topological polar surface area (TPSA) is 126 Å². The number of aryl methyl sites for hydroxylation is 1. The van der Waals surface area contributed by atoms with Crippen LogP contribution in [0.2, 0.25) is 0 Å².